The van der Waals surface area contributed by atoms with Gasteiger partial charge in [0, 0.05) is 31.9 Å². The second kappa shape index (κ2) is 6.58. The Bertz CT molecular complexity index is 190. The molecule has 3 atom stereocenters. The number of hydrogen-bond acceptors (Lipinski definition) is 3. The fourth-order valence-corrected chi connectivity index (χ4v) is 3.02. The molecular weight excluding hydrogens is 202 g/mol. The van der Waals surface area contributed by atoms with E-state index < -0.39 is 0 Å². The summed E-state index contributed by atoms with van der Waals surface area (Å²) in [6, 6.07) is 1.15. The molecule has 3 unspecified atom stereocenters. The van der Waals surface area contributed by atoms with Gasteiger partial charge in [0.15, 0.2) is 0 Å². The van der Waals surface area contributed by atoms with Crippen LogP contribution in [0, 0.1) is 5.92 Å². The number of rotatable bonds is 3. The van der Waals surface area contributed by atoms with Crippen LogP contribution >= 0.6 is 0 Å². The summed E-state index contributed by atoms with van der Waals surface area (Å²) >= 11 is 0. The number of ether oxygens (including phenoxy) is 1. The highest BCUT2D eigenvalue weighted by molar-refractivity contribution is 4.84. The van der Waals surface area contributed by atoms with Crippen molar-refractivity contribution in [2.24, 2.45) is 5.92 Å². The van der Waals surface area contributed by atoms with E-state index in [9.17, 15) is 5.11 Å². The summed E-state index contributed by atoms with van der Waals surface area (Å²) in [4.78, 5) is 0. The number of hydrogen-bond donors (Lipinski definition) is 2. The van der Waals surface area contributed by atoms with Crippen LogP contribution in [0.5, 0.6) is 0 Å². The van der Waals surface area contributed by atoms with Crippen LogP contribution in [0.2, 0.25) is 0 Å². The second-order valence-corrected chi connectivity index (χ2v) is 5.24. The molecule has 1 aliphatic carbocycles. The molecule has 0 radical (unpaired) electrons. The summed E-state index contributed by atoms with van der Waals surface area (Å²) < 4.78 is 5.48. The largest absolute Gasteiger partial charge is 0.396 e. The predicted molar refractivity (Wildman–Crippen MR) is 64.4 cm³/mol. The van der Waals surface area contributed by atoms with Crippen molar-refractivity contribution in [3.63, 3.8) is 0 Å². The topological polar surface area (TPSA) is 41.5 Å². The van der Waals surface area contributed by atoms with E-state index in [0.29, 0.717) is 24.6 Å². The molecule has 3 heteroatoms. The minimum Gasteiger partial charge on any atom is -0.396 e. The summed E-state index contributed by atoms with van der Waals surface area (Å²) in [6.45, 7) is 2.17. The predicted octanol–water partition coefficient (Wildman–Crippen LogP) is 1.70. The maximum Gasteiger partial charge on any atom is 0.0480 e. The maximum absolute atomic E-state index is 9.38. The maximum atomic E-state index is 9.38. The van der Waals surface area contributed by atoms with E-state index in [4.69, 9.17) is 4.74 Å². The molecule has 2 N–H and O–H groups in total. The zero-order valence-electron chi connectivity index (χ0n) is 10.2. The Labute approximate surface area is 98.6 Å². The van der Waals surface area contributed by atoms with E-state index in [1.807, 2.05) is 0 Å². The second-order valence-electron chi connectivity index (χ2n) is 5.24. The van der Waals surface area contributed by atoms with Crippen LogP contribution in [0.1, 0.15) is 44.9 Å². The van der Waals surface area contributed by atoms with Crippen LogP contribution < -0.4 is 5.32 Å². The van der Waals surface area contributed by atoms with Gasteiger partial charge in [0.1, 0.15) is 0 Å². The van der Waals surface area contributed by atoms with E-state index in [2.05, 4.69) is 5.32 Å². The van der Waals surface area contributed by atoms with Gasteiger partial charge in [-0.15, -0.1) is 0 Å². The van der Waals surface area contributed by atoms with Crippen LogP contribution in [0.15, 0.2) is 0 Å². The first kappa shape index (κ1) is 12.3. The lowest BCUT2D eigenvalue weighted by Crippen LogP contribution is -2.45. The van der Waals surface area contributed by atoms with Crippen LogP contribution in [0.4, 0.5) is 0 Å². The third kappa shape index (κ3) is 3.44. The van der Waals surface area contributed by atoms with Gasteiger partial charge in [-0.2, -0.15) is 0 Å². The molecule has 0 aromatic carbocycles. The Morgan fingerprint density at radius 2 is 1.88 bits per heavy atom. The number of aliphatic hydroxyl groups excluding tert-OH is 1. The molecule has 1 saturated heterocycles. The van der Waals surface area contributed by atoms with E-state index in [1.54, 1.807) is 0 Å². The highest BCUT2D eigenvalue weighted by Crippen LogP contribution is 2.25. The summed E-state index contributed by atoms with van der Waals surface area (Å²) in [6.07, 6.45) is 8.58. The van der Waals surface area contributed by atoms with Crippen molar-refractivity contribution in [3.8, 4) is 0 Å². The average Bonchev–Trinajstić information content (AvgIpc) is 2.58. The van der Waals surface area contributed by atoms with Crippen molar-refractivity contribution >= 4 is 0 Å². The summed E-state index contributed by atoms with van der Waals surface area (Å²) in [5.74, 6) is 0.484. The van der Waals surface area contributed by atoms with Crippen molar-refractivity contribution in [1.82, 2.24) is 5.32 Å². The van der Waals surface area contributed by atoms with Gasteiger partial charge in [0.25, 0.3) is 0 Å². The van der Waals surface area contributed by atoms with Gasteiger partial charge in [-0.25, -0.2) is 0 Å². The molecule has 0 aromatic rings. The lowest BCUT2D eigenvalue weighted by molar-refractivity contribution is 0.132. The standard InChI is InChI=1S/C13H25NO2/c15-10-11-4-1-2-6-13(11)14-12-5-3-8-16-9-7-12/h11-15H,1-10H2. The molecule has 16 heavy (non-hydrogen) atoms. The minimum atomic E-state index is 0.348. The molecule has 2 rings (SSSR count). The Balaban J connectivity index is 1.81. The molecular formula is C13H25NO2. The highest BCUT2D eigenvalue weighted by atomic mass is 16.5. The van der Waals surface area contributed by atoms with E-state index in [1.165, 1.54) is 38.5 Å². The Kier molecular flexibility index (Phi) is 5.07. The molecule has 0 spiro atoms. The van der Waals surface area contributed by atoms with E-state index in [-0.39, 0.29) is 0 Å². The van der Waals surface area contributed by atoms with Crippen molar-refractivity contribution in [3.05, 3.63) is 0 Å². The van der Waals surface area contributed by atoms with Crippen LogP contribution in [0.3, 0.4) is 0 Å². The molecule has 0 aromatic heterocycles. The molecule has 1 aliphatic heterocycles. The lowest BCUT2D eigenvalue weighted by atomic mass is 9.84. The van der Waals surface area contributed by atoms with Crippen molar-refractivity contribution in [2.45, 2.75) is 57.0 Å². The first-order valence-corrected chi connectivity index (χ1v) is 6.85. The van der Waals surface area contributed by atoms with Gasteiger partial charge in [0.2, 0.25) is 0 Å². The van der Waals surface area contributed by atoms with Gasteiger partial charge in [-0.05, 0) is 38.0 Å². The number of aliphatic hydroxyl groups is 1. The summed E-state index contributed by atoms with van der Waals surface area (Å²) in [7, 11) is 0. The molecule has 2 aliphatic rings. The minimum absolute atomic E-state index is 0.348. The Morgan fingerprint density at radius 3 is 2.75 bits per heavy atom. The molecule has 1 heterocycles. The third-order valence-electron chi connectivity index (χ3n) is 4.05. The van der Waals surface area contributed by atoms with Gasteiger partial charge >= 0.3 is 0 Å². The van der Waals surface area contributed by atoms with Gasteiger partial charge in [-0.1, -0.05) is 12.8 Å². The zero-order valence-corrected chi connectivity index (χ0v) is 10.2. The van der Waals surface area contributed by atoms with Crippen molar-refractivity contribution in [1.29, 1.82) is 0 Å². The SMILES string of the molecule is OCC1CCCCC1NC1CCCOCC1. The van der Waals surface area contributed by atoms with Crippen molar-refractivity contribution in [2.75, 3.05) is 19.8 Å². The molecule has 3 nitrogen and oxygen atoms in total. The zero-order chi connectivity index (χ0) is 11.2. The van der Waals surface area contributed by atoms with Gasteiger partial charge in [-0.3, -0.25) is 0 Å². The fourth-order valence-electron chi connectivity index (χ4n) is 3.02. The highest BCUT2D eigenvalue weighted by Gasteiger charge is 2.26. The Morgan fingerprint density at radius 1 is 1.00 bits per heavy atom. The van der Waals surface area contributed by atoms with Crippen LogP contribution in [-0.2, 0) is 4.74 Å². The van der Waals surface area contributed by atoms with Gasteiger partial charge < -0.3 is 15.2 Å². The number of nitrogens with one attached hydrogen (secondary N) is 1. The first-order valence-electron chi connectivity index (χ1n) is 6.85. The van der Waals surface area contributed by atoms with Gasteiger partial charge in [0.05, 0.1) is 0 Å². The molecule has 0 amide bonds. The summed E-state index contributed by atoms with van der Waals surface area (Å²) in [5.41, 5.74) is 0. The first-order chi connectivity index (χ1) is 7.90. The van der Waals surface area contributed by atoms with Crippen molar-refractivity contribution < 1.29 is 9.84 Å². The molecule has 94 valence electrons. The molecule has 1 saturated carbocycles. The van der Waals surface area contributed by atoms with E-state index >= 15 is 0 Å². The van der Waals surface area contributed by atoms with Crippen LogP contribution in [0.25, 0.3) is 0 Å². The van der Waals surface area contributed by atoms with E-state index in [0.717, 1.165) is 19.6 Å². The summed E-state index contributed by atoms with van der Waals surface area (Å²) in [5, 5.41) is 13.1. The Hall–Kier alpha value is -0.120. The average molecular weight is 227 g/mol. The fraction of sp³-hybridized carbons (Fsp3) is 1.00. The molecule has 2 fully saturated rings. The lowest BCUT2D eigenvalue weighted by Gasteiger charge is -2.34. The molecule has 0 bridgehead atoms. The third-order valence-corrected chi connectivity index (χ3v) is 4.05. The normalized spacial score (nSPS) is 36.9. The van der Waals surface area contributed by atoms with Crippen LogP contribution in [-0.4, -0.2) is 37.0 Å². The quantitative estimate of drug-likeness (QED) is 0.771. The smallest absolute Gasteiger partial charge is 0.0480 e. The monoisotopic (exact) mass is 227 g/mol.